The summed E-state index contributed by atoms with van der Waals surface area (Å²) in [6.45, 7) is 1.56. The summed E-state index contributed by atoms with van der Waals surface area (Å²) in [5.41, 5.74) is 0. The SMILES string of the molecule is CC(C)C(NS(=O)(=O)c1ccc2ccccc2c1)C(=O)NCC(F)(F)F. The fourth-order valence-corrected chi connectivity index (χ4v) is 3.74. The van der Waals surface area contributed by atoms with Gasteiger partial charge in [-0.25, -0.2) is 8.42 Å². The number of amides is 1. The first-order chi connectivity index (χ1) is 12.0. The third kappa shape index (κ3) is 5.18. The first-order valence-electron chi connectivity index (χ1n) is 7.85. The molecule has 142 valence electrons. The van der Waals surface area contributed by atoms with Crippen molar-refractivity contribution in [1.82, 2.24) is 10.0 Å². The molecule has 2 rings (SSSR count). The highest BCUT2D eigenvalue weighted by Crippen LogP contribution is 2.20. The van der Waals surface area contributed by atoms with Crippen LogP contribution >= 0.6 is 0 Å². The summed E-state index contributed by atoms with van der Waals surface area (Å²) in [4.78, 5) is 12.0. The zero-order chi connectivity index (χ0) is 19.5. The van der Waals surface area contributed by atoms with Gasteiger partial charge in [0.1, 0.15) is 12.6 Å². The number of nitrogens with one attached hydrogen (secondary N) is 2. The van der Waals surface area contributed by atoms with Crippen LogP contribution in [-0.2, 0) is 14.8 Å². The van der Waals surface area contributed by atoms with E-state index in [0.29, 0.717) is 5.39 Å². The minimum absolute atomic E-state index is 0.0644. The van der Waals surface area contributed by atoms with Gasteiger partial charge in [-0.15, -0.1) is 0 Å². The van der Waals surface area contributed by atoms with Crippen LogP contribution in [0, 0.1) is 5.92 Å². The van der Waals surface area contributed by atoms with Crippen molar-refractivity contribution in [3.63, 3.8) is 0 Å². The molecule has 1 amide bonds. The van der Waals surface area contributed by atoms with Gasteiger partial charge in [0.25, 0.3) is 0 Å². The maximum absolute atomic E-state index is 12.6. The van der Waals surface area contributed by atoms with Crippen LogP contribution < -0.4 is 10.0 Å². The van der Waals surface area contributed by atoms with Gasteiger partial charge in [-0.1, -0.05) is 44.2 Å². The Bertz CT molecular complexity index is 896. The van der Waals surface area contributed by atoms with Crippen molar-refractivity contribution in [2.24, 2.45) is 5.92 Å². The van der Waals surface area contributed by atoms with Crippen molar-refractivity contribution in [3.05, 3.63) is 42.5 Å². The predicted molar refractivity (Wildman–Crippen MR) is 92.0 cm³/mol. The Balaban J connectivity index is 2.23. The normalized spacial score (nSPS) is 13.8. The zero-order valence-electron chi connectivity index (χ0n) is 14.2. The van der Waals surface area contributed by atoms with Crippen LogP contribution in [-0.4, -0.2) is 33.1 Å². The van der Waals surface area contributed by atoms with Gasteiger partial charge >= 0.3 is 6.18 Å². The molecule has 0 aliphatic heterocycles. The zero-order valence-corrected chi connectivity index (χ0v) is 15.0. The molecular formula is C17H19F3N2O3S. The fourth-order valence-electron chi connectivity index (χ4n) is 2.36. The van der Waals surface area contributed by atoms with Gasteiger partial charge in [-0.05, 0) is 28.8 Å². The van der Waals surface area contributed by atoms with Gasteiger partial charge < -0.3 is 5.32 Å². The maximum atomic E-state index is 12.6. The molecule has 0 saturated carbocycles. The van der Waals surface area contributed by atoms with E-state index < -0.39 is 40.6 Å². The Morgan fingerprint density at radius 1 is 1.08 bits per heavy atom. The standard InChI is InChI=1S/C17H19F3N2O3S/c1-11(2)15(16(23)21-10-17(18,19)20)22-26(24,25)14-8-7-12-5-3-4-6-13(12)9-14/h3-9,11,15,22H,10H2,1-2H3,(H,21,23). The van der Waals surface area contributed by atoms with Crippen molar-refractivity contribution in [1.29, 1.82) is 0 Å². The molecule has 0 spiro atoms. The summed E-state index contributed by atoms with van der Waals surface area (Å²) >= 11 is 0. The van der Waals surface area contributed by atoms with Crippen LogP contribution in [0.4, 0.5) is 13.2 Å². The summed E-state index contributed by atoms with van der Waals surface area (Å²) in [5.74, 6) is -1.57. The van der Waals surface area contributed by atoms with Crippen LogP contribution in [0.5, 0.6) is 0 Å². The molecule has 5 nitrogen and oxygen atoms in total. The van der Waals surface area contributed by atoms with Crippen molar-refractivity contribution >= 4 is 26.7 Å². The highest BCUT2D eigenvalue weighted by Gasteiger charge is 2.32. The van der Waals surface area contributed by atoms with Gasteiger partial charge in [0.15, 0.2) is 0 Å². The number of sulfonamides is 1. The van der Waals surface area contributed by atoms with Gasteiger partial charge in [0.2, 0.25) is 15.9 Å². The lowest BCUT2D eigenvalue weighted by Gasteiger charge is -2.22. The Hall–Kier alpha value is -2.13. The van der Waals surface area contributed by atoms with Gasteiger partial charge in [0.05, 0.1) is 4.90 Å². The first kappa shape index (κ1) is 20.2. The van der Waals surface area contributed by atoms with Crippen LogP contribution in [0.2, 0.25) is 0 Å². The number of carbonyl (C=O) groups excluding carboxylic acids is 1. The summed E-state index contributed by atoms with van der Waals surface area (Å²) in [5, 5.41) is 3.25. The lowest BCUT2D eigenvalue weighted by molar-refractivity contribution is -0.139. The predicted octanol–water partition coefficient (Wildman–Crippen LogP) is 2.82. The molecule has 2 aromatic carbocycles. The number of hydrogen-bond donors (Lipinski definition) is 2. The van der Waals surface area contributed by atoms with E-state index in [4.69, 9.17) is 0 Å². The molecule has 1 unspecified atom stereocenters. The van der Waals surface area contributed by atoms with E-state index in [2.05, 4.69) is 4.72 Å². The van der Waals surface area contributed by atoms with E-state index in [9.17, 15) is 26.4 Å². The summed E-state index contributed by atoms with van der Waals surface area (Å²) < 4.78 is 64.2. The van der Waals surface area contributed by atoms with Crippen molar-refractivity contribution in [3.8, 4) is 0 Å². The van der Waals surface area contributed by atoms with Gasteiger partial charge in [0, 0.05) is 0 Å². The Morgan fingerprint density at radius 3 is 2.27 bits per heavy atom. The molecule has 26 heavy (non-hydrogen) atoms. The smallest absolute Gasteiger partial charge is 0.346 e. The Morgan fingerprint density at radius 2 is 1.69 bits per heavy atom. The molecule has 2 aromatic rings. The number of rotatable bonds is 6. The average molecular weight is 388 g/mol. The van der Waals surface area contributed by atoms with E-state index in [1.165, 1.54) is 12.1 Å². The number of benzene rings is 2. The van der Waals surface area contributed by atoms with Crippen LogP contribution in [0.25, 0.3) is 10.8 Å². The fraction of sp³-hybridized carbons (Fsp3) is 0.353. The lowest BCUT2D eigenvalue weighted by Crippen LogP contribution is -2.51. The van der Waals surface area contributed by atoms with Gasteiger partial charge in [-0.2, -0.15) is 17.9 Å². The molecule has 0 aromatic heterocycles. The molecule has 1 atom stereocenters. The molecule has 2 N–H and O–H groups in total. The summed E-state index contributed by atoms with van der Waals surface area (Å²) in [7, 11) is -4.09. The third-order valence-electron chi connectivity index (χ3n) is 3.73. The minimum Gasteiger partial charge on any atom is -0.346 e. The molecule has 0 heterocycles. The molecule has 0 bridgehead atoms. The van der Waals surface area contributed by atoms with E-state index >= 15 is 0 Å². The van der Waals surface area contributed by atoms with Crippen LogP contribution in [0.15, 0.2) is 47.4 Å². The second-order valence-corrected chi connectivity index (χ2v) is 7.90. The number of hydrogen-bond acceptors (Lipinski definition) is 3. The van der Waals surface area contributed by atoms with Crippen molar-refractivity contribution in [2.45, 2.75) is 31.0 Å². The first-order valence-corrected chi connectivity index (χ1v) is 9.33. The lowest BCUT2D eigenvalue weighted by atomic mass is 10.1. The largest absolute Gasteiger partial charge is 0.405 e. The van der Waals surface area contributed by atoms with Gasteiger partial charge in [-0.3, -0.25) is 4.79 Å². The molecule has 0 aliphatic carbocycles. The topological polar surface area (TPSA) is 75.3 Å². The van der Waals surface area contributed by atoms with E-state index in [1.54, 1.807) is 37.4 Å². The summed E-state index contributed by atoms with van der Waals surface area (Å²) in [6.07, 6.45) is -4.57. The molecule has 0 fully saturated rings. The molecular weight excluding hydrogens is 369 g/mol. The second-order valence-electron chi connectivity index (χ2n) is 6.18. The monoisotopic (exact) mass is 388 g/mol. The highest BCUT2D eigenvalue weighted by molar-refractivity contribution is 7.89. The Kier molecular flexibility index (Phi) is 5.92. The van der Waals surface area contributed by atoms with E-state index in [-0.39, 0.29) is 4.90 Å². The van der Waals surface area contributed by atoms with E-state index in [1.807, 2.05) is 12.1 Å². The third-order valence-corrected chi connectivity index (χ3v) is 5.16. The quantitative estimate of drug-likeness (QED) is 0.799. The number of halogens is 3. The average Bonchev–Trinajstić information content (AvgIpc) is 2.56. The van der Waals surface area contributed by atoms with Crippen molar-refractivity contribution < 1.29 is 26.4 Å². The van der Waals surface area contributed by atoms with E-state index in [0.717, 1.165) is 5.39 Å². The number of alkyl halides is 3. The molecule has 9 heteroatoms. The molecule has 0 aliphatic rings. The number of carbonyl (C=O) groups is 1. The van der Waals surface area contributed by atoms with Crippen molar-refractivity contribution in [2.75, 3.05) is 6.54 Å². The van der Waals surface area contributed by atoms with Crippen LogP contribution in [0.3, 0.4) is 0 Å². The molecule has 0 radical (unpaired) electrons. The minimum atomic E-state index is -4.57. The van der Waals surface area contributed by atoms with Crippen LogP contribution in [0.1, 0.15) is 13.8 Å². The summed E-state index contributed by atoms with van der Waals surface area (Å²) in [6, 6.07) is 10.3. The maximum Gasteiger partial charge on any atom is 0.405 e. The molecule has 0 saturated heterocycles. The Labute approximate surface area is 149 Å². The number of fused-ring (bicyclic) bond motifs is 1. The second kappa shape index (κ2) is 7.63. The highest BCUT2D eigenvalue weighted by atomic mass is 32.2.